The van der Waals surface area contributed by atoms with Gasteiger partial charge in [-0.1, -0.05) is 0 Å². The summed E-state index contributed by atoms with van der Waals surface area (Å²) in [7, 11) is 0. The number of nitrogens with zero attached hydrogens (tertiary/aromatic N) is 1. The minimum Gasteiger partial charge on any atom is -0.453 e. The summed E-state index contributed by atoms with van der Waals surface area (Å²) in [6.45, 7) is 4.73. The number of rotatable bonds is 3. The van der Waals surface area contributed by atoms with Crippen LogP contribution in [0.25, 0.3) is 0 Å². The molecule has 2 atom stereocenters. The van der Waals surface area contributed by atoms with E-state index >= 15 is 0 Å². The van der Waals surface area contributed by atoms with Gasteiger partial charge in [0.1, 0.15) is 5.76 Å². The molecular weight excluding hydrogens is 258 g/mol. The minimum atomic E-state index is -0.196. The van der Waals surface area contributed by atoms with Crippen LogP contribution >= 0.6 is 15.9 Å². The first-order chi connectivity index (χ1) is 7.15. The first-order valence-electron chi connectivity index (χ1n) is 5.30. The van der Waals surface area contributed by atoms with Crippen molar-refractivity contribution in [3.8, 4) is 0 Å². The number of hydrogen-bond acceptors (Lipinski definition) is 3. The van der Waals surface area contributed by atoms with Crippen LogP contribution in [0, 0.1) is 5.92 Å². The highest BCUT2D eigenvalue weighted by Crippen LogP contribution is 2.23. The number of halogens is 1. The number of hydrogen-bond donors (Lipinski definition) is 1. The molecule has 2 rings (SSSR count). The van der Waals surface area contributed by atoms with Crippen molar-refractivity contribution >= 4 is 15.9 Å². The second kappa shape index (κ2) is 4.68. The monoisotopic (exact) mass is 273 g/mol. The Bertz CT molecular complexity index is 324. The second-order valence-electron chi connectivity index (χ2n) is 4.23. The fraction of sp³-hybridized carbons (Fsp3) is 0.636. The number of furan rings is 1. The smallest absolute Gasteiger partial charge is 0.169 e. The average Bonchev–Trinajstić information content (AvgIpc) is 2.76. The molecule has 1 aromatic rings. The molecule has 0 saturated carbocycles. The van der Waals surface area contributed by atoms with Crippen molar-refractivity contribution in [2.45, 2.75) is 26.0 Å². The molecule has 1 aliphatic heterocycles. The molecule has 0 radical (unpaired) electrons. The van der Waals surface area contributed by atoms with Crippen LogP contribution in [0.2, 0.25) is 0 Å². The first kappa shape index (κ1) is 11.2. The van der Waals surface area contributed by atoms with Crippen molar-refractivity contribution in [1.82, 2.24) is 4.90 Å². The summed E-state index contributed by atoms with van der Waals surface area (Å²) in [5, 5.41) is 9.48. The molecule has 0 aliphatic carbocycles. The van der Waals surface area contributed by atoms with Crippen LogP contribution in [0.5, 0.6) is 0 Å². The normalized spacial score (nSPS) is 24.6. The zero-order valence-electron chi connectivity index (χ0n) is 8.82. The molecule has 1 N–H and O–H groups in total. The van der Waals surface area contributed by atoms with Gasteiger partial charge in [-0.2, -0.15) is 0 Å². The van der Waals surface area contributed by atoms with Gasteiger partial charge in [0.2, 0.25) is 0 Å². The van der Waals surface area contributed by atoms with Gasteiger partial charge in [0, 0.05) is 6.54 Å². The van der Waals surface area contributed by atoms with E-state index in [1.54, 1.807) is 0 Å². The van der Waals surface area contributed by atoms with E-state index in [0.29, 0.717) is 5.92 Å². The molecule has 2 heterocycles. The molecule has 15 heavy (non-hydrogen) atoms. The summed E-state index contributed by atoms with van der Waals surface area (Å²) in [6.07, 6.45) is 0.887. The van der Waals surface area contributed by atoms with Crippen molar-refractivity contribution in [3.05, 3.63) is 22.6 Å². The third-order valence-electron chi connectivity index (χ3n) is 3.00. The SMILES string of the molecule is CC(O)C1CCN(Cc2ccc(Br)o2)C1. The molecule has 84 valence electrons. The van der Waals surface area contributed by atoms with Crippen molar-refractivity contribution in [3.63, 3.8) is 0 Å². The van der Waals surface area contributed by atoms with Gasteiger partial charge in [0.25, 0.3) is 0 Å². The fourth-order valence-electron chi connectivity index (χ4n) is 2.06. The maximum absolute atomic E-state index is 9.48. The van der Waals surface area contributed by atoms with E-state index in [9.17, 15) is 5.11 Å². The summed E-state index contributed by atoms with van der Waals surface area (Å²) in [4.78, 5) is 2.32. The van der Waals surface area contributed by atoms with Crippen LogP contribution in [0.1, 0.15) is 19.1 Å². The van der Waals surface area contributed by atoms with Crippen molar-refractivity contribution in [2.75, 3.05) is 13.1 Å². The summed E-state index contributed by atoms with van der Waals surface area (Å²) in [6, 6.07) is 3.90. The number of likely N-dealkylation sites (tertiary alicyclic amines) is 1. The lowest BCUT2D eigenvalue weighted by atomic mass is 10.0. The van der Waals surface area contributed by atoms with Crippen molar-refractivity contribution in [2.24, 2.45) is 5.92 Å². The predicted octanol–water partition coefficient (Wildman–Crippen LogP) is 2.24. The molecule has 1 aliphatic rings. The molecule has 0 aromatic carbocycles. The quantitative estimate of drug-likeness (QED) is 0.918. The highest BCUT2D eigenvalue weighted by atomic mass is 79.9. The van der Waals surface area contributed by atoms with Gasteiger partial charge in [-0.05, 0) is 53.9 Å². The molecule has 0 spiro atoms. The van der Waals surface area contributed by atoms with E-state index in [4.69, 9.17) is 4.42 Å². The van der Waals surface area contributed by atoms with Crippen molar-refractivity contribution < 1.29 is 9.52 Å². The van der Waals surface area contributed by atoms with Gasteiger partial charge in [-0.25, -0.2) is 0 Å². The average molecular weight is 274 g/mol. The molecule has 2 unspecified atom stereocenters. The van der Waals surface area contributed by atoms with E-state index in [2.05, 4.69) is 20.8 Å². The molecule has 0 amide bonds. The second-order valence-corrected chi connectivity index (χ2v) is 5.01. The van der Waals surface area contributed by atoms with Gasteiger partial charge in [-0.15, -0.1) is 0 Å². The van der Waals surface area contributed by atoms with Crippen molar-refractivity contribution in [1.29, 1.82) is 0 Å². The summed E-state index contributed by atoms with van der Waals surface area (Å²) in [5.74, 6) is 1.40. The largest absolute Gasteiger partial charge is 0.453 e. The minimum absolute atomic E-state index is 0.196. The van der Waals surface area contributed by atoms with Crippen LogP contribution < -0.4 is 0 Å². The molecule has 3 nitrogen and oxygen atoms in total. The van der Waals surface area contributed by atoms with Crippen LogP contribution in [-0.4, -0.2) is 29.2 Å². The Morgan fingerprint density at radius 1 is 1.67 bits per heavy atom. The van der Waals surface area contributed by atoms with Gasteiger partial charge < -0.3 is 9.52 Å². The fourth-order valence-corrected chi connectivity index (χ4v) is 2.40. The zero-order valence-corrected chi connectivity index (χ0v) is 10.4. The van der Waals surface area contributed by atoms with Crippen LogP contribution in [0.4, 0.5) is 0 Å². The maximum atomic E-state index is 9.48. The van der Waals surface area contributed by atoms with Gasteiger partial charge in [0.15, 0.2) is 4.67 Å². The first-order valence-corrected chi connectivity index (χ1v) is 6.09. The standard InChI is InChI=1S/C11H16BrNO2/c1-8(14)9-4-5-13(6-9)7-10-2-3-11(12)15-10/h2-3,8-9,14H,4-7H2,1H3. The Morgan fingerprint density at radius 2 is 2.47 bits per heavy atom. The third-order valence-corrected chi connectivity index (χ3v) is 3.43. The molecule has 4 heteroatoms. The third kappa shape index (κ3) is 2.83. The van der Waals surface area contributed by atoms with E-state index in [1.807, 2.05) is 19.1 Å². The van der Waals surface area contributed by atoms with E-state index < -0.39 is 0 Å². The maximum Gasteiger partial charge on any atom is 0.169 e. The van der Waals surface area contributed by atoms with E-state index in [-0.39, 0.29) is 6.10 Å². The molecular formula is C11H16BrNO2. The highest BCUT2D eigenvalue weighted by molar-refractivity contribution is 9.10. The molecule has 1 aromatic heterocycles. The summed E-state index contributed by atoms with van der Waals surface area (Å²) < 4.78 is 6.23. The van der Waals surface area contributed by atoms with Crippen LogP contribution in [0.15, 0.2) is 21.2 Å². The van der Waals surface area contributed by atoms with Gasteiger partial charge in [-0.3, -0.25) is 4.90 Å². The van der Waals surface area contributed by atoms with Gasteiger partial charge >= 0.3 is 0 Å². The number of aliphatic hydroxyl groups is 1. The summed E-state index contributed by atoms with van der Waals surface area (Å²) >= 11 is 3.29. The van der Waals surface area contributed by atoms with Crippen LogP contribution in [0.3, 0.4) is 0 Å². The zero-order chi connectivity index (χ0) is 10.8. The molecule has 0 bridgehead atoms. The van der Waals surface area contributed by atoms with E-state index in [1.165, 1.54) is 0 Å². The number of aliphatic hydroxyl groups excluding tert-OH is 1. The Balaban J connectivity index is 1.87. The van der Waals surface area contributed by atoms with E-state index in [0.717, 1.165) is 36.5 Å². The Kier molecular flexibility index (Phi) is 3.49. The van der Waals surface area contributed by atoms with Gasteiger partial charge in [0.05, 0.1) is 12.6 Å². The molecule has 1 fully saturated rings. The Labute approximate surface area is 98.2 Å². The highest BCUT2D eigenvalue weighted by Gasteiger charge is 2.26. The lowest BCUT2D eigenvalue weighted by molar-refractivity contribution is 0.126. The molecule has 1 saturated heterocycles. The lowest BCUT2D eigenvalue weighted by Gasteiger charge is -2.15. The lowest BCUT2D eigenvalue weighted by Crippen LogP contribution is -2.23. The van der Waals surface area contributed by atoms with Crippen LogP contribution in [-0.2, 0) is 6.54 Å². The topological polar surface area (TPSA) is 36.6 Å². The Hall–Kier alpha value is -0.320. The summed E-state index contributed by atoms with van der Waals surface area (Å²) in [5.41, 5.74) is 0. The Morgan fingerprint density at radius 3 is 3.00 bits per heavy atom. The predicted molar refractivity (Wildman–Crippen MR) is 61.5 cm³/mol.